The number of para-hydroxylation sites is 1. The SMILES string of the molecule is NC(=O)C(Cc1c[nH]c2ccccc12)NC(=O)[C@H](CCCC(=O)O)NC=O. The van der Waals surface area contributed by atoms with Crippen molar-refractivity contribution in [1.29, 1.82) is 0 Å². The molecule has 0 saturated carbocycles. The Hall–Kier alpha value is -3.36. The van der Waals surface area contributed by atoms with Crippen molar-refractivity contribution in [2.24, 2.45) is 5.73 Å². The van der Waals surface area contributed by atoms with E-state index in [0.717, 1.165) is 16.5 Å². The maximum atomic E-state index is 12.4. The predicted octanol–water partition coefficient (Wildman–Crippen LogP) is 0.0500. The van der Waals surface area contributed by atoms with Gasteiger partial charge >= 0.3 is 5.97 Å². The second-order valence-electron chi connectivity index (χ2n) is 6.15. The zero-order chi connectivity index (χ0) is 19.8. The number of benzene rings is 1. The van der Waals surface area contributed by atoms with Gasteiger partial charge < -0.3 is 26.5 Å². The molecule has 2 atom stereocenters. The molecule has 0 bridgehead atoms. The fourth-order valence-electron chi connectivity index (χ4n) is 2.85. The minimum Gasteiger partial charge on any atom is -0.481 e. The Morgan fingerprint density at radius 3 is 2.63 bits per heavy atom. The summed E-state index contributed by atoms with van der Waals surface area (Å²) in [5.41, 5.74) is 7.15. The molecule has 9 nitrogen and oxygen atoms in total. The van der Waals surface area contributed by atoms with Crippen molar-refractivity contribution < 1.29 is 24.3 Å². The first-order valence-electron chi connectivity index (χ1n) is 8.48. The van der Waals surface area contributed by atoms with Crippen LogP contribution < -0.4 is 16.4 Å². The third-order valence-corrected chi connectivity index (χ3v) is 4.23. The molecule has 1 aromatic heterocycles. The number of carbonyl (C=O) groups excluding carboxylic acids is 3. The number of H-pyrrole nitrogens is 1. The number of aromatic nitrogens is 1. The fraction of sp³-hybridized carbons (Fsp3) is 0.333. The van der Waals surface area contributed by atoms with E-state index in [4.69, 9.17) is 10.8 Å². The average Bonchev–Trinajstić information content (AvgIpc) is 3.03. The maximum Gasteiger partial charge on any atom is 0.303 e. The van der Waals surface area contributed by atoms with Gasteiger partial charge in [-0.1, -0.05) is 18.2 Å². The van der Waals surface area contributed by atoms with Gasteiger partial charge in [0.1, 0.15) is 12.1 Å². The maximum absolute atomic E-state index is 12.4. The van der Waals surface area contributed by atoms with E-state index < -0.39 is 29.9 Å². The second-order valence-corrected chi connectivity index (χ2v) is 6.15. The van der Waals surface area contributed by atoms with E-state index >= 15 is 0 Å². The van der Waals surface area contributed by atoms with E-state index in [-0.39, 0.29) is 25.7 Å². The van der Waals surface area contributed by atoms with Crippen LogP contribution in [0.3, 0.4) is 0 Å². The molecule has 6 N–H and O–H groups in total. The number of primary amides is 1. The molecule has 0 aliphatic carbocycles. The molecule has 2 rings (SSSR count). The molecule has 144 valence electrons. The van der Waals surface area contributed by atoms with E-state index in [1.54, 1.807) is 6.20 Å². The van der Waals surface area contributed by atoms with Gasteiger partial charge in [0, 0.05) is 29.9 Å². The van der Waals surface area contributed by atoms with Crippen molar-refractivity contribution in [2.45, 2.75) is 37.8 Å². The summed E-state index contributed by atoms with van der Waals surface area (Å²) in [6, 6.07) is 5.62. The smallest absolute Gasteiger partial charge is 0.303 e. The van der Waals surface area contributed by atoms with Gasteiger partial charge in [0.05, 0.1) is 0 Å². The van der Waals surface area contributed by atoms with Crippen LogP contribution in [0, 0.1) is 0 Å². The summed E-state index contributed by atoms with van der Waals surface area (Å²) in [5, 5.41) is 14.5. The number of aliphatic carboxylic acids is 1. The minimum atomic E-state index is -0.991. The van der Waals surface area contributed by atoms with Gasteiger partial charge in [-0.05, 0) is 24.5 Å². The van der Waals surface area contributed by atoms with Crippen LogP contribution in [-0.2, 0) is 25.6 Å². The first-order chi connectivity index (χ1) is 12.9. The van der Waals surface area contributed by atoms with Crippen molar-refractivity contribution in [3.63, 3.8) is 0 Å². The van der Waals surface area contributed by atoms with Crippen molar-refractivity contribution in [3.8, 4) is 0 Å². The van der Waals surface area contributed by atoms with Crippen LogP contribution in [0.2, 0.25) is 0 Å². The molecule has 0 spiro atoms. The summed E-state index contributed by atoms with van der Waals surface area (Å²) in [6.07, 6.45) is 2.52. The third kappa shape index (κ3) is 5.56. The Kier molecular flexibility index (Phi) is 6.93. The number of nitrogens with two attached hydrogens (primary N) is 1. The van der Waals surface area contributed by atoms with Gasteiger partial charge in [0.25, 0.3) is 0 Å². The number of carboxylic acid groups (broad SMARTS) is 1. The highest BCUT2D eigenvalue weighted by atomic mass is 16.4. The topological polar surface area (TPSA) is 154 Å². The normalized spacial score (nSPS) is 12.9. The number of aromatic amines is 1. The summed E-state index contributed by atoms with van der Waals surface area (Å²) < 4.78 is 0. The van der Waals surface area contributed by atoms with Crippen molar-refractivity contribution >= 4 is 35.1 Å². The summed E-state index contributed by atoms with van der Waals surface area (Å²) in [6.45, 7) is 0. The molecule has 1 unspecified atom stereocenters. The van der Waals surface area contributed by atoms with Crippen molar-refractivity contribution in [3.05, 3.63) is 36.0 Å². The molecule has 1 aromatic carbocycles. The van der Waals surface area contributed by atoms with Crippen molar-refractivity contribution in [2.75, 3.05) is 0 Å². The molecule has 0 aliphatic heterocycles. The largest absolute Gasteiger partial charge is 0.481 e. The van der Waals surface area contributed by atoms with Crippen molar-refractivity contribution in [1.82, 2.24) is 15.6 Å². The number of hydrogen-bond acceptors (Lipinski definition) is 4. The van der Waals surface area contributed by atoms with Crippen LogP contribution in [0.25, 0.3) is 10.9 Å². The number of carboxylic acids is 1. The summed E-state index contributed by atoms with van der Waals surface area (Å²) in [5.74, 6) is -2.28. The van der Waals surface area contributed by atoms with Crippen LogP contribution in [0.15, 0.2) is 30.5 Å². The summed E-state index contributed by atoms with van der Waals surface area (Å²) in [4.78, 5) is 48.7. The lowest BCUT2D eigenvalue weighted by molar-refractivity contribution is -0.137. The molecule has 0 fully saturated rings. The van der Waals surface area contributed by atoms with Gasteiger partial charge in [-0.2, -0.15) is 0 Å². The Morgan fingerprint density at radius 1 is 1.22 bits per heavy atom. The van der Waals surface area contributed by atoms with Crippen LogP contribution >= 0.6 is 0 Å². The highest BCUT2D eigenvalue weighted by molar-refractivity contribution is 5.91. The molecule has 9 heteroatoms. The standard InChI is InChI=1S/C18H22N4O5/c19-17(26)15(8-11-9-20-13-5-2-1-4-12(11)13)22-18(27)14(21-10-23)6-3-7-16(24)25/h1-2,4-5,9-10,14-15,20H,3,6-8H2,(H2,19,26)(H,21,23)(H,22,27)(H,24,25)/t14-,15?/m0/s1. The molecule has 0 radical (unpaired) electrons. The van der Waals surface area contributed by atoms with Gasteiger partial charge in [-0.25, -0.2) is 0 Å². The first kappa shape index (κ1) is 20.0. The van der Waals surface area contributed by atoms with Crippen LogP contribution in [-0.4, -0.2) is 46.4 Å². The fourth-order valence-corrected chi connectivity index (χ4v) is 2.85. The minimum absolute atomic E-state index is 0.126. The lowest BCUT2D eigenvalue weighted by Crippen LogP contribution is -2.52. The zero-order valence-corrected chi connectivity index (χ0v) is 14.6. The number of carbonyl (C=O) groups is 4. The van der Waals surface area contributed by atoms with Crippen LogP contribution in [0.1, 0.15) is 24.8 Å². The molecular formula is C18H22N4O5. The van der Waals surface area contributed by atoms with Gasteiger partial charge in [0.15, 0.2) is 0 Å². The molecule has 0 aliphatic rings. The lowest BCUT2D eigenvalue weighted by atomic mass is 10.0. The highest BCUT2D eigenvalue weighted by Crippen LogP contribution is 2.19. The lowest BCUT2D eigenvalue weighted by Gasteiger charge is -2.20. The zero-order valence-electron chi connectivity index (χ0n) is 14.6. The molecule has 2 aromatic rings. The molecular weight excluding hydrogens is 352 g/mol. The highest BCUT2D eigenvalue weighted by Gasteiger charge is 2.25. The number of amides is 3. The van der Waals surface area contributed by atoms with E-state index in [9.17, 15) is 19.2 Å². The summed E-state index contributed by atoms with van der Waals surface area (Å²) >= 11 is 0. The number of hydrogen-bond donors (Lipinski definition) is 5. The first-order valence-corrected chi connectivity index (χ1v) is 8.48. The van der Waals surface area contributed by atoms with E-state index in [1.165, 1.54) is 0 Å². The quantitative estimate of drug-likeness (QED) is 0.352. The monoisotopic (exact) mass is 374 g/mol. The third-order valence-electron chi connectivity index (χ3n) is 4.23. The van der Waals surface area contributed by atoms with E-state index in [2.05, 4.69) is 15.6 Å². The number of rotatable bonds is 11. The number of nitrogens with one attached hydrogen (secondary N) is 3. The van der Waals surface area contributed by atoms with Gasteiger partial charge in [-0.15, -0.1) is 0 Å². The second kappa shape index (κ2) is 9.37. The Morgan fingerprint density at radius 2 is 1.96 bits per heavy atom. The molecule has 0 saturated heterocycles. The molecule has 3 amide bonds. The summed E-state index contributed by atoms with van der Waals surface area (Å²) in [7, 11) is 0. The molecule has 1 heterocycles. The van der Waals surface area contributed by atoms with Gasteiger partial charge in [-0.3, -0.25) is 19.2 Å². The van der Waals surface area contributed by atoms with E-state index in [0.29, 0.717) is 6.41 Å². The van der Waals surface area contributed by atoms with E-state index in [1.807, 2.05) is 24.3 Å². The van der Waals surface area contributed by atoms with Crippen LogP contribution in [0.4, 0.5) is 0 Å². The molecule has 27 heavy (non-hydrogen) atoms. The Labute approximate surface area is 155 Å². The number of fused-ring (bicyclic) bond motifs is 1. The average molecular weight is 374 g/mol. The van der Waals surface area contributed by atoms with Crippen LogP contribution in [0.5, 0.6) is 0 Å². The predicted molar refractivity (Wildman–Crippen MR) is 97.6 cm³/mol. The Bertz CT molecular complexity index is 832. The Balaban J connectivity index is 2.06. The van der Waals surface area contributed by atoms with Gasteiger partial charge in [0.2, 0.25) is 18.2 Å².